The number of aromatic nitrogens is 1. The Morgan fingerprint density at radius 1 is 0.973 bits per heavy atom. The molecule has 6 nitrogen and oxygen atoms in total. The zero-order valence-electron chi connectivity index (χ0n) is 22.0. The van der Waals surface area contributed by atoms with Gasteiger partial charge in [0.15, 0.2) is 0 Å². The maximum Gasteiger partial charge on any atom is 0.343 e. The van der Waals surface area contributed by atoms with E-state index in [9.17, 15) is 9.18 Å². The second kappa shape index (κ2) is 10.3. The van der Waals surface area contributed by atoms with Crippen molar-refractivity contribution in [2.45, 2.75) is 13.8 Å². The molecule has 2 aromatic carbocycles. The molecule has 3 heterocycles. The van der Waals surface area contributed by atoms with E-state index in [1.54, 1.807) is 12.1 Å². The number of anilines is 2. The van der Waals surface area contributed by atoms with Crippen LogP contribution in [0.25, 0.3) is 34.0 Å². The summed E-state index contributed by atoms with van der Waals surface area (Å²) in [6.45, 7) is 9.42. The predicted octanol–water partition coefficient (Wildman–Crippen LogP) is 4.68. The van der Waals surface area contributed by atoms with Gasteiger partial charge < -0.3 is 19.1 Å². The number of pyridine rings is 1. The highest BCUT2D eigenvalue weighted by Crippen LogP contribution is 2.26. The fourth-order valence-corrected chi connectivity index (χ4v) is 5.07. The zero-order chi connectivity index (χ0) is 26.1. The van der Waals surface area contributed by atoms with Gasteiger partial charge in [0.2, 0.25) is 11.2 Å². The number of nitrogens with zero attached hydrogens (tertiary/aromatic N) is 4. The van der Waals surface area contributed by atoms with E-state index in [4.69, 9.17) is 4.42 Å². The third-order valence-electron chi connectivity index (χ3n) is 7.43. The van der Waals surface area contributed by atoms with Crippen LogP contribution in [0.2, 0.25) is 0 Å². The molecule has 0 amide bonds. The highest BCUT2D eigenvalue weighted by molar-refractivity contribution is 5.84. The molecular weight excluding hydrogens is 467 g/mol. The minimum absolute atomic E-state index is 0.196. The van der Waals surface area contributed by atoms with Crippen LogP contribution >= 0.6 is 0 Å². The fourth-order valence-electron chi connectivity index (χ4n) is 5.07. The molecule has 7 heteroatoms. The number of aryl methyl sites for hydroxylation is 1. The first-order chi connectivity index (χ1) is 17.9. The molecular formula is C30H34FN4O2+. The van der Waals surface area contributed by atoms with Crippen molar-refractivity contribution >= 4 is 45.4 Å². The minimum atomic E-state index is -0.372. The topological polar surface area (TPSA) is 43.8 Å². The van der Waals surface area contributed by atoms with Gasteiger partial charge in [-0.15, -0.1) is 0 Å². The second-order valence-corrected chi connectivity index (χ2v) is 9.69. The van der Waals surface area contributed by atoms with E-state index in [0.717, 1.165) is 66.9 Å². The number of hydrogen-bond acceptors (Lipinski definition) is 5. The van der Waals surface area contributed by atoms with Crippen LogP contribution in [-0.4, -0.2) is 51.2 Å². The van der Waals surface area contributed by atoms with Crippen molar-refractivity contribution in [2.24, 2.45) is 7.05 Å². The summed E-state index contributed by atoms with van der Waals surface area (Å²) in [5.74, 6) is -0.196. The van der Waals surface area contributed by atoms with Crippen molar-refractivity contribution in [1.29, 1.82) is 0 Å². The van der Waals surface area contributed by atoms with Crippen LogP contribution < -0.4 is 20.0 Å². The van der Waals surface area contributed by atoms with Crippen LogP contribution in [0.15, 0.2) is 57.7 Å². The normalized spacial score (nSPS) is 14.8. The first kappa shape index (κ1) is 25.0. The van der Waals surface area contributed by atoms with Gasteiger partial charge in [-0.3, -0.25) is 0 Å². The first-order valence-electron chi connectivity index (χ1n) is 12.9. The molecule has 4 aromatic rings. The maximum atomic E-state index is 15.0. The lowest BCUT2D eigenvalue weighted by atomic mass is 10.1. The van der Waals surface area contributed by atoms with E-state index in [-0.39, 0.29) is 11.4 Å². The van der Waals surface area contributed by atoms with Crippen LogP contribution in [0.1, 0.15) is 25.1 Å². The molecule has 0 saturated carbocycles. The third-order valence-corrected chi connectivity index (χ3v) is 7.43. The fraction of sp³-hybridized carbons (Fsp3) is 0.333. The largest absolute Gasteiger partial charge is 0.422 e. The quantitative estimate of drug-likeness (QED) is 0.284. The maximum absolute atomic E-state index is 15.0. The zero-order valence-corrected chi connectivity index (χ0v) is 22.0. The molecule has 0 bridgehead atoms. The summed E-state index contributed by atoms with van der Waals surface area (Å²) in [5.41, 5.74) is 4.22. The molecule has 5 rings (SSSR count). The second-order valence-electron chi connectivity index (χ2n) is 9.69. The first-order valence-corrected chi connectivity index (χ1v) is 12.9. The minimum Gasteiger partial charge on any atom is -0.422 e. The van der Waals surface area contributed by atoms with Gasteiger partial charge in [0.05, 0.1) is 11.3 Å². The standard InChI is InChI=1S/C30H34FN4O2/c1-5-34(6-2)25-12-8-22-17-23(30(36)37-29(22)19-25)9-11-24-10-7-21-18-26(31)28(20-27(21)33(24)4)35-15-13-32(3)14-16-35/h7-12,17-20H,5-6,13-16H2,1-4H3/q+1. The lowest BCUT2D eigenvalue weighted by Crippen LogP contribution is -2.45. The summed E-state index contributed by atoms with van der Waals surface area (Å²) in [6.07, 6.45) is 3.69. The number of benzene rings is 2. The molecule has 0 N–H and O–H groups in total. The number of fused-ring (bicyclic) bond motifs is 2. The number of piperazine rings is 1. The van der Waals surface area contributed by atoms with Gasteiger partial charge in [0.25, 0.3) is 0 Å². The summed E-state index contributed by atoms with van der Waals surface area (Å²) in [5, 5.41) is 1.72. The Balaban J connectivity index is 1.47. The van der Waals surface area contributed by atoms with E-state index in [1.807, 2.05) is 54.1 Å². The molecule has 1 saturated heterocycles. The highest BCUT2D eigenvalue weighted by Gasteiger charge is 2.21. The van der Waals surface area contributed by atoms with Crippen molar-refractivity contribution in [3.8, 4) is 0 Å². The summed E-state index contributed by atoms with van der Waals surface area (Å²) in [6, 6.07) is 15.3. The Bertz CT molecular complexity index is 1530. The molecule has 0 atom stereocenters. The summed E-state index contributed by atoms with van der Waals surface area (Å²) in [7, 11) is 4.05. The average molecular weight is 502 g/mol. The Kier molecular flexibility index (Phi) is 6.98. The number of rotatable bonds is 6. The number of hydrogen-bond donors (Lipinski definition) is 0. The highest BCUT2D eigenvalue weighted by atomic mass is 19.1. The molecule has 1 aliphatic heterocycles. The molecule has 0 unspecified atom stereocenters. The lowest BCUT2D eigenvalue weighted by Gasteiger charge is -2.34. The third kappa shape index (κ3) is 4.96. The van der Waals surface area contributed by atoms with E-state index >= 15 is 0 Å². The molecule has 192 valence electrons. The Labute approximate surface area is 216 Å². The summed E-state index contributed by atoms with van der Waals surface area (Å²) in [4.78, 5) is 19.3. The molecule has 1 fully saturated rings. The Morgan fingerprint density at radius 2 is 1.70 bits per heavy atom. The predicted molar refractivity (Wildman–Crippen MR) is 150 cm³/mol. The van der Waals surface area contributed by atoms with Gasteiger partial charge in [-0.2, -0.15) is 4.57 Å². The van der Waals surface area contributed by atoms with Gasteiger partial charge in [0, 0.05) is 80.0 Å². The van der Waals surface area contributed by atoms with Gasteiger partial charge in [-0.1, -0.05) is 0 Å². The van der Waals surface area contributed by atoms with Crippen molar-refractivity contribution < 1.29 is 13.4 Å². The average Bonchev–Trinajstić information content (AvgIpc) is 2.89. The molecule has 0 radical (unpaired) electrons. The van der Waals surface area contributed by atoms with Crippen LogP contribution in [-0.2, 0) is 7.05 Å². The lowest BCUT2D eigenvalue weighted by molar-refractivity contribution is -0.646. The smallest absolute Gasteiger partial charge is 0.343 e. The molecule has 1 aliphatic rings. The van der Waals surface area contributed by atoms with Crippen LogP contribution in [0.5, 0.6) is 0 Å². The van der Waals surface area contributed by atoms with Gasteiger partial charge >= 0.3 is 5.63 Å². The van der Waals surface area contributed by atoms with Crippen LogP contribution in [0.3, 0.4) is 0 Å². The van der Waals surface area contributed by atoms with E-state index < -0.39 is 0 Å². The molecule has 2 aromatic heterocycles. The van der Waals surface area contributed by atoms with Gasteiger partial charge in [-0.25, -0.2) is 9.18 Å². The SMILES string of the molecule is CCN(CC)c1ccc2cc(/C=C/c3ccc4cc(F)c(N5CCN(C)CC5)cc4[n+]3C)c(=O)oc2c1. The van der Waals surface area contributed by atoms with E-state index in [2.05, 4.69) is 41.7 Å². The van der Waals surface area contributed by atoms with Crippen molar-refractivity contribution in [3.05, 3.63) is 76.0 Å². The van der Waals surface area contributed by atoms with Gasteiger partial charge in [-0.05, 0) is 57.3 Å². The van der Waals surface area contributed by atoms with E-state index in [0.29, 0.717) is 16.8 Å². The number of halogens is 1. The summed E-state index contributed by atoms with van der Waals surface area (Å²) >= 11 is 0. The Hall–Kier alpha value is -3.71. The number of likely N-dealkylation sites (N-methyl/N-ethyl adjacent to an activating group) is 1. The molecule has 0 spiro atoms. The van der Waals surface area contributed by atoms with Crippen molar-refractivity contribution in [3.63, 3.8) is 0 Å². The molecule has 37 heavy (non-hydrogen) atoms. The van der Waals surface area contributed by atoms with Crippen LogP contribution in [0, 0.1) is 5.82 Å². The summed E-state index contributed by atoms with van der Waals surface area (Å²) < 4.78 is 22.7. The van der Waals surface area contributed by atoms with Crippen molar-refractivity contribution in [2.75, 3.05) is 56.1 Å². The van der Waals surface area contributed by atoms with E-state index in [1.165, 1.54) is 0 Å². The van der Waals surface area contributed by atoms with Crippen LogP contribution in [0.4, 0.5) is 15.8 Å². The monoisotopic (exact) mass is 501 g/mol. The Morgan fingerprint density at radius 3 is 2.43 bits per heavy atom. The van der Waals surface area contributed by atoms with Gasteiger partial charge in [0.1, 0.15) is 18.4 Å². The van der Waals surface area contributed by atoms with Crippen molar-refractivity contribution in [1.82, 2.24) is 4.90 Å². The molecule has 0 aliphatic carbocycles.